The second-order valence-corrected chi connectivity index (χ2v) is 14.7. The molecule has 1 aliphatic rings. The Bertz CT molecular complexity index is 2110. The van der Waals surface area contributed by atoms with E-state index in [1.807, 2.05) is 30.3 Å². The van der Waals surface area contributed by atoms with Crippen LogP contribution in [0.5, 0.6) is 11.5 Å². The van der Waals surface area contributed by atoms with Gasteiger partial charge in [-0.25, -0.2) is 0 Å². The van der Waals surface area contributed by atoms with Crippen LogP contribution in [0.2, 0.25) is 0 Å². The lowest BCUT2D eigenvalue weighted by molar-refractivity contribution is -0.136. The maximum Gasteiger partial charge on any atom is 0.296 e. The van der Waals surface area contributed by atoms with Gasteiger partial charge in [0.05, 0.1) is 12.0 Å². The monoisotopic (exact) mass is 835 g/mol. The van der Waals surface area contributed by atoms with Crippen LogP contribution in [0.25, 0.3) is 11.1 Å². The minimum Gasteiger partial charge on any atom is -0.492 e. The van der Waals surface area contributed by atoms with Crippen LogP contribution in [0.1, 0.15) is 61.3 Å². The predicted octanol–water partition coefficient (Wildman–Crippen LogP) is 0.984. The highest BCUT2D eigenvalue weighted by atomic mass is 16.5. The van der Waals surface area contributed by atoms with Gasteiger partial charge in [0.25, 0.3) is 5.91 Å². The van der Waals surface area contributed by atoms with Crippen LogP contribution in [-0.4, -0.2) is 106 Å². The van der Waals surface area contributed by atoms with Crippen LogP contribution in [0.3, 0.4) is 0 Å². The van der Waals surface area contributed by atoms with Crippen LogP contribution >= 0.6 is 0 Å². The molecule has 0 fully saturated rings. The normalized spacial score (nSPS) is 16.5. The number of aryl methyl sites for hydroxylation is 1. The number of carbonyl (C=O) groups excluding carboxylic acids is 5. The number of nitrogens with two attached hydrogens (primary N) is 3. The Kier molecular flexibility index (Phi) is 18.5. The molecule has 1 heterocycles. The first-order chi connectivity index (χ1) is 29.4. The zero-order chi connectivity index (χ0) is 44.3. The lowest BCUT2D eigenvalue weighted by atomic mass is 9.91. The number of likely N-dealkylation sites (N-methyl/N-ethyl adjacent to an activating group) is 1. The molecule has 0 radical (unpaired) electrons. The first-order valence-corrected chi connectivity index (χ1v) is 20.5. The summed E-state index contributed by atoms with van der Waals surface area (Å²) >= 11 is 0. The Labute approximate surface area is 357 Å². The van der Waals surface area contributed by atoms with Crippen molar-refractivity contribution in [3.05, 3.63) is 82.9 Å². The molecule has 1 unspecified atom stereocenters. The van der Waals surface area contributed by atoms with Crippen LogP contribution in [0, 0.1) is 23.2 Å². The van der Waals surface area contributed by atoms with Crippen molar-refractivity contribution in [3.8, 4) is 40.5 Å². The largest absolute Gasteiger partial charge is 0.492 e. The van der Waals surface area contributed by atoms with Crippen LogP contribution in [-0.2, 0) is 36.8 Å². The predicted molar refractivity (Wildman–Crippen MR) is 231 cm³/mol. The van der Waals surface area contributed by atoms with Gasteiger partial charge in [0, 0.05) is 55.7 Å². The second-order valence-electron chi connectivity index (χ2n) is 14.7. The fourth-order valence-electron chi connectivity index (χ4n) is 6.70. The number of amides is 5. The summed E-state index contributed by atoms with van der Waals surface area (Å²) in [7, 11) is 1.50. The number of hydrogen-bond donors (Lipinski definition) is 7. The number of fused-ring (bicyclic) bond motifs is 5. The number of ether oxygens (including phenoxy) is 2. The van der Waals surface area contributed by atoms with E-state index in [4.69, 9.17) is 31.9 Å². The maximum absolute atomic E-state index is 14.3. The zero-order valence-electron chi connectivity index (χ0n) is 35.1. The van der Waals surface area contributed by atoms with E-state index in [0.29, 0.717) is 39.3 Å². The summed E-state index contributed by atoms with van der Waals surface area (Å²) in [5.74, 6) is 2.15. The van der Waals surface area contributed by atoms with Crippen molar-refractivity contribution in [1.29, 1.82) is 5.26 Å². The number of nitriles is 1. The Hall–Kier alpha value is -6.46. The summed E-state index contributed by atoms with van der Waals surface area (Å²) in [6, 6.07) is 16.6. The highest BCUT2D eigenvalue weighted by Gasteiger charge is 2.32. The van der Waals surface area contributed by atoms with Gasteiger partial charge in [0.2, 0.25) is 23.6 Å². The average molecular weight is 836 g/mol. The van der Waals surface area contributed by atoms with Crippen LogP contribution in [0.4, 0.5) is 0 Å². The smallest absolute Gasteiger partial charge is 0.296 e. The van der Waals surface area contributed by atoms with Crippen molar-refractivity contribution in [1.82, 2.24) is 26.2 Å². The molecular formula is C45H57N9O7. The van der Waals surface area contributed by atoms with Gasteiger partial charge in [-0.15, -0.1) is 0 Å². The molecule has 16 nitrogen and oxygen atoms in total. The quantitative estimate of drug-likeness (QED) is 0.0745. The number of unbranched alkanes of at least 4 members (excludes halogenated alkanes) is 1. The Morgan fingerprint density at radius 2 is 1.59 bits per heavy atom. The Balaban J connectivity index is 1.73. The molecule has 3 aromatic rings. The number of rotatable bonds is 17. The fourth-order valence-corrected chi connectivity index (χ4v) is 6.70. The number of nitrogens with zero attached hydrogens (tertiary/aromatic N) is 2. The Morgan fingerprint density at radius 1 is 0.918 bits per heavy atom. The molecule has 0 spiro atoms. The van der Waals surface area contributed by atoms with Crippen molar-refractivity contribution in [2.24, 2.45) is 17.2 Å². The lowest BCUT2D eigenvalue weighted by Crippen LogP contribution is -2.54. The first-order valence-electron chi connectivity index (χ1n) is 20.5. The molecule has 4 rings (SSSR count). The average Bonchev–Trinajstić information content (AvgIpc) is 3.26. The number of carbonyl (C=O) groups is 5. The van der Waals surface area contributed by atoms with Gasteiger partial charge < -0.3 is 52.8 Å². The number of hydrogen-bond acceptors (Lipinski definition) is 11. The number of nitrogens with one attached hydrogen (secondary N) is 4. The van der Waals surface area contributed by atoms with Gasteiger partial charge in [0.1, 0.15) is 49.4 Å². The molecule has 61 heavy (non-hydrogen) atoms. The lowest BCUT2D eigenvalue weighted by Gasteiger charge is -2.29. The molecule has 1 aliphatic heterocycles. The van der Waals surface area contributed by atoms with Gasteiger partial charge in [0.15, 0.2) is 0 Å². The molecule has 4 atom stereocenters. The van der Waals surface area contributed by atoms with Crippen LogP contribution in [0.15, 0.2) is 60.7 Å². The van der Waals surface area contributed by atoms with Crippen LogP contribution < -0.4 is 47.9 Å². The third-order valence-electron chi connectivity index (χ3n) is 9.96. The summed E-state index contributed by atoms with van der Waals surface area (Å²) in [5, 5.41) is 19.8. The van der Waals surface area contributed by atoms with Crippen molar-refractivity contribution in [3.63, 3.8) is 0 Å². The summed E-state index contributed by atoms with van der Waals surface area (Å²) in [6.45, 7) is 3.98. The molecule has 16 heteroatoms. The highest BCUT2D eigenvalue weighted by Crippen LogP contribution is 2.40. The molecule has 0 saturated carbocycles. The summed E-state index contributed by atoms with van der Waals surface area (Å²) < 4.78 is 12.1. The zero-order valence-corrected chi connectivity index (χ0v) is 35.1. The maximum atomic E-state index is 14.3. The summed E-state index contributed by atoms with van der Waals surface area (Å²) in [6.07, 6.45) is 3.24. The van der Waals surface area contributed by atoms with Gasteiger partial charge in [-0.05, 0) is 85.8 Å². The van der Waals surface area contributed by atoms with Gasteiger partial charge in [-0.1, -0.05) is 43.5 Å². The van der Waals surface area contributed by atoms with Crippen molar-refractivity contribution in [2.45, 2.75) is 70.0 Å². The van der Waals surface area contributed by atoms with E-state index in [-0.39, 0.29) is 58.8 Å². The van der Waals surface area contributed by atoms with Gasteiger partial charge >= 0.3 is 0 Å². The minimum absolute atomic E-state index is 0.0281. The molecule has 3 aromatic carbocycles. The van der Waals surface area contributed by atoms with E-state index in [1.54, 1.807) is 36.4 Å². The minimum atomic E-state index is -1.13. The van der Waals surface area contributed by atoms with Crippen molar-refractivity contribution in [2.75, 3.05) is 53.0 Å². The molecule has 0 saturated heterocycles. The Morgan fingerprint density at radius 3 is 2.23 bits per heavy atom. The van der Waals surface area contributed by atoms with Crippen molar-refractivity contribution < 1.29 is 33.4 Å². The first kappa shape index (κ1) is 47.2. The number of benzene rings is 3. The standard InChI is InChI=1S/C45H57N9O7/c1-4-5-6-30-7-9-31(10-8-30)12-16-41(55)52-37(17-18-46)45(59)54(3)28-36-33-13-15-40(61-24-21-49)35(27-33)34-25-32(11-14-39(34)60-23-20-48)26-38(44(58)50-22-19-47)53-42(56)29(2)51-43(36)57/h7-11,13-15,25,27,29,36-38H,4-6,17-18,20-24,26,28,46,48-49H2,1-3H3,(H,50,58)(H,51,57)(H,52,55)(H,53,56)/t29-,36?,37-,38-/m0/s1. The molecule has 0 aliphatic carbocycles. The molecule has 324 valence electrons. The van der Waals surface area contributed by atoms with E-state index < -0.39 is 53.6 Å². The van der Waals surface area contributed by atoms with E-state index in [9.17, 15) is 24.0 Å². The van der Waals surface area contributed by atoms with Crippen molar-refractivity contribution >= 4 is 29.5 Å². The highest BCUT2D eigenvalue weighted by molar-refractivity contribution is 5.98. The van der Waals surface area contributed by atoms with E-state index in [0.717, 1.165) is 19.3 Å². The molecule has 10 N–H and O–H groups in total. The fraction of sp³-hybridized carbons (Fsp3) is 0.422. The second kappa shape index (κ2) is 24.0. The van der Waals surface area contributed by atoms with Gasteiger partial charge in [-0.3, -0.25) is 24.0 Å². The van der Waals surface area contributed by atoms with E-state index in [1.165, 1.54) is 24.4 Å². The molecular weight excluding hydrogens is 779 g/mol. The third kappa shape index (κ3) is 13.8. The van der Waals surface area contributed by atoms with Gasteiger partial charge in [-0.2, -0.15) is 5.26 Å². The third-order valence-corrected chi connectivity index (χ3v) is 9.96. The summed E-state index contributed by atoms with van der Waals surface area (Å²) in [4.78, 5) is 69.6. The topological polar surface area (TPSA) is 257 Å². The molecule has 5 amide bonds. The molecule has 4 bridgehead atoms. The molecule has 0 aromatic heterocycles. The van der Waals surface area contributed by atoms with E-state index >= 15 is 0 Å². The summed E-state index contributed by atoms with van der Waals surface area (Å²) in [5.41, 5.74) is 21.5. The van der Waals surface area contributed by atoms with E-state index in [2.05, 4.69) is 40.0 Å². The SMILES string of the molecule is CCCCc1ccc(C#CC(=O)N[C@@H](CCN)C(=O)N(C)CC2C(=O)N[C@@H](C)C(=O)N[C@H](C(=O)NCC#N)Cc3ccc(OCCN)c(c3)-c3cc2ccc3OCCN)cc1.